The maximum absolute atomic E-state index is 13.8. The molecule has 0 radical (unpaired) electrons. The van der Waals surface area contributed by atoms with Gasteiger partial charge in [-0.15, -0.1) is 0 Å². The number of thiocarbonyl (C=S) groups is 1. The highest BCUT2D eigenvalue weighted by molar-refractivity contribution is 7.80. The molecular formula is C13H8ClF3N2S. The van der Waals surface area contributed by atoms with Gasteiger partial charge in [0.1, 0.15) is 28.1 Å². The smallest absolute Gasteiger partial charge is 0.150 e. The van der Waals surface area contributed by atoms with Crippen LogP contribution in [0.1, 0.15) is 5.56 Å². The van der Waals surface area contributed by atoms with E-state index >= 15 is 0 Å². The van der Waals surface area contributed by atoms with Crippen molar-refractivity contribution in [3.05, 3.63) is 58.4 Å². The van der Waals surface area contributed by atoms with Gasteiger partial charge in [0.25, 0.3) is 0 Å². The fraction of sp³-hybridized carbons (Fsp3) is 0. The Kier molecular flexibility index (Phi) is 4.15. The van der Waals surface area contributed by atoms with Crippen molar-refractivity contribution < 1.29 is 13.2 Å². The molecule has 0 saturated heterocycles. The van der Waals surface area contributed by atoms with Crippen molar-refractivity contribution in [3.8, 4) is 0 Å². The molecule has 0 bridgehead atoms. The van der Waals surface area contributed by atoms with Crippen molar-refractivity contribution in [2.75, 3.05) is 5.32 Å². The molecule has 0 atom stereocenters. The van der Waals surface area contributed by atoms with E-state index in [0.29, 0.717) is 0 Å². The predicted octanol–water partition coefficient (Wildman–Crippen LogP) is 4.14. The molecule has 0 aliphatic carbocycles. The summed E-state index contributed by atoms with van der Waals surface area (Å²) in [5.41, 5.74) is 5.14. The molecule has 0 spiro atoms. The maximum Gasteiger partial charge on any atom is 0.150 e. The van der Waals surface area contributed by atoms with Gasteiger partial charge in [0.15, 0.2) is 0 Å². The third-order valence-electron chi connectivity index (χ3n) is 2.52. The van der Waals surface area contributed by atoms with E-state index in [-0.39, 0.29) is 21.3 Å². The first kappa shape index (κ1) is 14.6. The molecule has 2 nitrogen and oxygen atoms in total. The SMILES string of the molecule is NC(=S)c1cc(F)c(Nc2ccc(F)cc2Cl)c(F)c1. The first-order valence-electron chi connectivity index (χ1n) is 5.39. The van der Waals surface area contributed by atoms with Crippen molar-refractivity contribution in [1.82, 2.24) is 0 Å². The molecule has 0 saturated carbocycles. The Balaban J connectivity index is 2.41. The van der Waals surface area contributed by atoms with Gasteiger partial charge in [0, 0.05) is 5.56 Å². The molecule has 7 heteroatoms. The van der Waals surface area contributed by atoms with Gasteiger partial charge in [-0.1, -0.05) is 23.8 Å². The summed E-state index contributed by atoms with van der Waals surface area (Å²) in [5.74, 6) is -2.31. The van der Waals surface area contributed by atoms with E-state index in [4.69, 9.17) is 17.3 Å². The average Bonchev–Trinajstić information content (AvgIpc) is 2.35. The number of nitrogens with two attached hydrogens (primary N) is 1. The fourth-order valence-electron chi connectivity index (χ4n) is 1.56. The van der Waals surface area contributed by atoms with Gasteiger partial charge in [-0.2, -0.15) is 0 Å². The van der Waals surface area contributed by atoms with Crippen LogP contribution in [-0.2, 0) is 0 Å². The maximum atomic E-state index is 13.8. The zero-order chi connectivity index (χ0) is 14.9. The van der Waals surface area contributed by atoms with Crippen molar-refractivity contribution in [3.63, 3.8) is 0 Å². The third-order valence-corrected chi connectivity index (χ3v) is 3.07. The number of anilines is 2. The summed E-state index contributed by atoms with van der Waals surface area (Å²) >= 11 is 10.4. The molecule has 0 fully saturated rings. The molecule has 0 heterocycles. The first-order chi connectivity index (χ1) is 9.38. The topological polar surface area (TPSA) is 38.0 Å². The minimum Gasteiger partial charge on any atom is -0.389 e. The van der Waals surface area contributed by atoms with E-state index in [2.05, 4.69) is 17.5 Å². The molecule has 0 aromatic heterocycles. The van der Waals surface area contributed by atoms with Crippen molar-refractivity contribution in [1.29, 1.82) is 0 Å². The normalized spacial score (nSPS) is 10.4. The number of halogens is 4. The second kappa shape index (κ2) is 5.68. The molecule has 2 aromatic carbocycles. The molecule has 0 unspecified atom stereocenters. The Morgan fingerprint density at radius 1 is 1.10 bits per heavy atom. The number of benzene rings is 2. The quantitative estimate of drug-likeness (QED) is 0.836. The predicted molar refractivity (Wildman–Crippen MR) is 76.9 cm³/mol. The standard InChI is InChI=1S/C13H8ClF3N2S/c14-8-5-7(15)1-2-11(8)19-12-9(16)3-6(13(18)20)4-10(12)17/h1-5,19H,(H2,18,20). The fourth-order valence-corrected chi connectivity index (χ4v) is 1.89. The van der Waals surface area contributed by atoms with Gasteiger partial charge in [-0.3, -0.25) is 0 Å². The number of nitrogens with one attached hydrogen (secondary N) is 1. The lowest BCUT2D eigenvalue weighted by Crippen LogP contribution is -2.11. The minimum atomic E-state index is -0.881. The van der Waals surface area contributed by atoms with Crippen LogP contribution < -0.4 is 11.1 Å². The molecular weight excluding hydrogens is 309 g/mol. The van der Waals surface area contributed by atoms with Gasteiger partial charge < -0.3 is 11.1 Å². The van der Waals surface area contributed by atoms with Gasteiger partial charge in [-0.05, 0) is 30.3 Å². The highest BCUT2D eigenvalue weighted by Crippen LogP contribution is 2.29. The zero-order valence-electron chi connectivity index (χ0n) is 9.88. The Morgan fingerprint density at radius 2 is 1.70 bits per heavy atom. The summed E-state index contributed by atoms with van der Waals surface area (Å²) in [6.07, 6.45) is 0. The molecule has 20 heavy (non-hydrogen) atoms. The summed E-state index contributed by atoms with van der Waals surface area (Å²) < 4.78 is 40.6. The van der Waals surface area contributed by atoms with Crippen LogP contribution in [0.3, 0.4) is 0 Å². The van der Waals surface area contributed by atoms with Crippen LogP contribution in [0.4, 0.5) is 24.5 Å². The van der Waals surface area contributed by atoms with E-state index in [0.717, 1.165) is 24.3 Å². The van der Waals surface area contributed by atoms with Gasteiger partial charge in [-0.25, -0.2) is 13.2 Å². The van der Waals surface area contributed by atoms with E-state index in [1.807, 2.05) is 0 Å². The lowest BCUT2D eigenvalue weighted by Gasteiger charge is -2.11. The summed E-state index contributed by atoms with van der Waals surface area (Å²) in [7, 11) is 0. The molecule has 2 aromatic rings. The van der Waals surface area contributed by atoms with Gasteiger partial charge in [0.2, 0.25) is 0 Å². The number of hydrogen-bond acceptors (Lipinski definition) is 2. The second-order valence-corrected chi connectivity index (χ2v) is 4.78. The van der Waals surface area contributed by atoms with E-state index < -0.39 is 23.1 Å². The zero-order valence-corrected chi connectivity index (χ0v) is 11.5. The van der Waals surface area contributed by atoms with Crippen molar-refractivity contribution in [2.45, 2.75) is 0 Å². The van der Waals surface area contributed by atoms with Crippen LogP contribution in [0.5, 0.6) is 0 Å². The molecule has 0 aliphatic rings. The summed E-state index contributed by atoms with van der Waals surface area (Å²) in [4.78, 5) is -0.117. The third kappa shape index (κ3) is 3.02. The van der Waals surface area contributed by atoms with Crippen LogP contribution in [0, 0.1) is 17.5 Å². The van der Waals surface area contributed by atoms with Crippen LogP contribution in [-0.4, -0.2) is 4.99 Å². The summed E-state index contributed by atoms with van der Waals surface area (Å²) in [6.45, 7) is 0. The molecule has 0 amide bonds. The largest absolute Gasteiger partial charge is 0.389 e. The Labute approximate surface area is 123 Å². The van der Waals surface area contributed by atoms with E-state index in [1.54, 1.807) is 0 Å². The van der Waals surface area contributed by atoms with Crippen LogP contribution in [0.25, 0.3) is 0 Å². The summed E-state index contributed by atoms with van der Waals surface area (Å²) in [5, 5.41) is 2.47. The Hall–Kier alpha value is -1.79. The van der Waals surface area contributed by atoms with Crippen molar-refractivity contribution >= 4 is 40.2 Å². The van der Waals surface area contributed by atoms with Crippen molar-refractivity contribution in [2.24, 2.45) is 5.73 Å². The second-order valence-electron chi connectivity index (χ2n) is 3.93. The number of rotatable bonds is 3. The molecule has 3 N–H and O–H groups in total. The minimum absolute atomic E-state index is 0.00206. The average molecular weight is 317 g/mol. The lowest BCUT2D eigenvalue weighted by atomic mass is 10.1. The van der Waals surface area contributed by atoms with Crippen LogP contribution in [0.2, 0.25) is 5.02 Å². The first-order valence-corrected chi connectivity index (χ1v) is 6.18. The Bertz CT molecular complexity index is 668. The van der Waals surface area contributed by atoms with E-state index in [1.165, 1.54) is 6.07 Å². The highest BCUT2D eigenvalue weighted by Gasteiger charge is 2.14. The highest BCUT2D eigenvalue weighted by atomic mass is 35.5. The molecule has 0 aliphatic heterocycles. The monoisotopic (exact) mass is 316 g/mol. The Morgan fingerprint density at radius 3 is 2.20 bits per heavy atom. The van der Waals surface area contributed by atoms with E-state index in [9.17, 15) is 13.2 Å². The number of hydrogen-bond donors (Lipinski definition) is 2. The lowest BCUT2D eigenvalue weighted by molar-refractivity contribution is 0.590. The summed E-state index contributed by atoms with van der Waals surface area (Å²) in [6, 6.07) is 5.44. The van der Waals surface area contributed by atoms with Crippen LogP contribution >= 0.6 is 23.8 Å². The van der Waals surface area contributed by atoms with Gasteiger partial charge >= 0.3 is 0 Å². The van der Waals surface area contributed by atoms with Crippen LogP contribution in [0.15, 0.2) is 30.3 Å². The molecule has 2 rings (SSSR count). The van der Waals surface area contributed by atoms with Gasteiger partial charge in [0.05, 0.1) is 10.7 Å². The molecule has 104 valence electrons.